The van der Waals surface area contributed by atoms with E-state index in [-0.39, 0.29) is 5.41 Å². The maximum atomic E-state index is 14.5. The highest BCUT2D eigenvalue weighted by Gasteiger charge is 2.20. The lowest BCUT2D eigenvalue weighted by Crippen LogP contribution is -2.12. The molecule has 0 spiro atoms. The zero-order valence-corrected chi connectivity index (χ0v) is 19.9. The van der Waals surface area contributed by atoms with Gasteiger partial charge in [0, 0.05) is 37.2 Å². The molecule has 3 aromatic heterocycles. The Morgan fingerprint density at radius 3 is 2.52 bits per heavy atom. The number of aryl methyl sites for hydroxylation is 2. The fraction of sp³-hybridized carbons (Fsp3) is 0.360. The van der Waals surface area contributed by atoms with Crippen LogP contribution in [0.25, 0.3) is 5.69 Å². The minimum atomic E-state index is -0.416. The van der Waals surface area contributed by atoms with E-state index in [0.29, 0.717) is 24.4 Å². The topological polar surface area (TPSA) is 70.7 Å². The van der Waals surface area contributed by atoms with Crippen molar-refractivity contribution in [3.05, 3.63) is 83.0 Å². The van der Waals surface area contributed by atoms with Crippen LogP contribution in [-0.4, -0.2) is 36.4 Å². The van der Waals surface area contributed by atoms with E-state index in [4.69, 9.17) is 4.74 Å². The van der Waals surface area contributed by atoms with Crippen LogP contribution in [0.3, 0.4) is 0 Å². The number of benzene rings is 1. The van der Waals surface area contributed by atoms with Crippen molar-refractivity contribution in [3.63, 3.8) is 0 Å². The molecule has 0 aliphatic rings. The standard InChI is InChI=1S/C25H29FN6O/c1-16-14-32(15-28-16)21-8-7-17(9-22(21)33-6)10-24-27-13-19(26)20(29-24)11-18-12-23(25(2,3)4)30-31(18)5/h7-9,12-15H,10-11H2,1-6H3. The van der Waals surface area contributed by atoms with Gasteiger partial charge in [0.25, 0.3) is 0 Å². The average Bonchev–Trinajstić information content (AvgIpc) is 3.36. The van der Waals surface area contributed by atoms with Crippen LogP contribution >= 0.6 is 0 Å². The summed E-state index contributed by atoms with van der Waals surface area (Å²) in [7, 11) is 3.51. The first-order valence-corrected chi connectivity index (χ1v) is 10.9. The van der Waals surface area contributed by atoms with Gasteiger partial charge in [-0.2, -0.15) is 5.10 Å². The maximum absolute atomic E-state index is 14.5. The smallest absolute Gasteiger partial charge is 0.163 e. The average molecular weight is 449 g/mol. The van der Waals surface area contributed by atoms with Crippen LogP contribution in [0.15, 0.2) is 43.0 Å². The lowest BCUT2D eigenvalue weighted by Gasteiger charge is -2.13. The number of methoxy groups -OCH3 is 1. The van der Waals surface area contributed by atoms with Crippen LogP contribution < -0.4 is 4.74 Å². The largest absolute Gasteiger partial charge is 0.495 e. The molecule has 0 atom stereocenters. The Bertz CT molecular complexity index is 1280. The molecule has 7 nitrogen and oxygen atoms in total. The van der Waals surface area contributed by atoms with E-state index in [1.54, 1.807) is 18.1 Å². The highest BCUT2D eigenvalue weighted by atomic mass is 19.1. The number of imidazole rings is 1. The number of nitrogens with zero attached hydrogens (tertiary/aromatic N) is 6. The third-order valence-electron chi connectivity index (χ3n) is 5.56. The van der Waals surface area contributed by atoms with Gasteiger partial charge in [0.1, 0.15) is 11.6 Å². The van der Waals surface area contributed by atoms with Crippen molar-refractivity contribution in [2.75, 3.05) is 7.11 Å². The van der Waals surface area contributed by atoms with Gasteiger partial charge < -0.3 is 9.30 Å². The molecular formula is C25H29FN6O. The molecule has 0 aliphatic heterocycles. The van der Waals surface area contributed by atoms with Crippen LogP contribution in [0.5, 0.6) is 5.75 Å². The Labute approximate surface area is 193 Å². The van der Waals surface area contributed by atoms with E-state index in [1.165, 1.54) is 6.20 Å². The monoisotopic (exact) mass is 448 g/mol. The lowest BCUT2D eigenvalue weighted by atomic mass is 9.92. The van der Waals surface area contributed by atoms with Gasteiger partial charge in [-0.05, 0) is 30.7 Å². The quantitative estimate of drug-likeness (QED) is 0.439. The van der Waals surface area contributed by atoms with Crippen LogP contribution in [0.4, 0.5) is 4.39 Å². The normalized spacial score (nSPS) is 11.7. The Kier molecular flexibility index (Phi) is 6.01. The minimum absolute atomic E-state index is 0.0774. The van der Waals surface area contributed by atoms with Gasteiger partial charge in [0.2, 0.25) is 0 Å². The van der Waals surface area contributed by atoms with Gasteiger partial charge in [-0.1, -0.05) is 26.8 Å². The van der Waals surface area contributed by atoms with E-state index in [1.807, 2.05) is 49.0 Å². The molecule has 0 saturated heterocycles. The molecule has 33 heavy (non-hydrogen) atoms. The fourth-order valence-corrected chi connectivity index (χ4v) is 3.64. The van der Waals surface area contributed by atoms with Crippen molar-refractivity contribution < 1.29 is 9.13 Å². The summed E-state index contributed by atoms with van der Waals surface area (Å²) < 4.78 is 23.9. The van der Waals surface area contributed by atoms with Crippen molar-refractivity contribution in [1.82, 2.24) is 29.3 Å². The Morgan fingerprint density at radius 1 is 1.09 bits per heavy atom. The zero-order chi connectivity index (χ0) is 23.8. The van der Waals surface area contributed by atoms with Crippen molar-refractivity contribution in [2.45, 2.75) is 46.0 Å². The summed E-state index contributed by atoms with van der Waals surface area (Å²) in [5.41, 5.74) is 4.96. The van der Waals surface area contributed by atoms with Gasteiger partial charge >= 0.3 is 0 Å². The number of rotatable bonds is 6. The molecular weight excluding hydrogens is 419 g/mol. The molecule has 1 aromatic carbocycles. The molecule has 0 bridgehead atoms. The molecule has 8 heteroatoms. The predicted octanol–water partition coefficient (Wildman–Crippen LogP) is 4.33. The van der Waals surface area contributed by atoms with Gasteiger partial charge in [-0.3, -0.25) is 4.68 Å². The van der Waals surface area contributed by atoms with Gasteiger partial charge in [-0.15, -0.1) is 0 Å². The molecule has 0 N–H and O–H groups in total. The number of halogens is 1. The van der Waals surface area contributed by atoms with Crippen molar-refractivity contribution in [1.29, 1.82) is 0 Å². The highest BCUT2D eigenvalue weighted by molar-refractivity contribution is 5.49. The Morgan fingerprint density at radius 2 is 1.88 bits per heavy atom. The second-order valence-electron chi connectivity index (χ2n) is 9.26. The van der Waals surface area contributed by atoms with Crippen molar-refractivity contribution in [3.8, 4) is 11.4 Å². The number of hydrogen-bond donors (Lipinski definition) is 0. The summed E-state index contributed by atoms with van der Waals surface area (Å²) in [6.07, 6.45) is 5.76. The molecule has 4 rings (SSSR count). The van der Waals surface area contributed by atoms with Crippen LogP contribution in [0.1, 0.15) is 54.9 Å². The first-order valence-electron chi connectivity index (χ1n) is 10.9. The first-order chi connectivity index (χ1) is 15.6. The van der Waals surface area contributed by atoms with Crippen LogP contribution in [0, 0.1) is 12.7 Å². The lowest BCUT2D eigenvalue weighted by molar-refractivity contribution is 0.412. The molecule has 0 fully saturated rings. The maximum Gasteiger partial charge on any atom is 0.163 e. The number of aromatic nitrogens is 6. The van der Waals surface area contributed by atoms with E-state index in [9.17, 15) is 4.39 Å². The number of ether oxygens (including phenoxy) is 1. The predicted molar refractivity (Wildman–Crippen MR) is 124 cm³/mol. The summed E-state index contributed by atoms with van der Waals surface area (Å²) >= 11 is 0. The van der Waals surface area contributed by atoms with Gasteiger partial charge in [0.05, 0.1) is 42.4 Å². The van der Waals surface area contributed by atoms with Crippen molar-refractivity contribution in [2.24, 2.45) is 7.05 Å². The zero-order valence-electron chi connectivity index (χ0n) is 19.9. The molecule has 172 valence electrons. The number of hydrogen-bond acceptors (Lipinski definition) is 5. The summed E-state index contributed by atoms with van der Waals surface area (Å²) in [6.45, 7) is 8.26. The Hall–Kier alpha value is -3.55. The van der Waals surface area contributed by atoms with Gasteiger partial charge in [-0.25, -0.2) is 19.3 Å². The van der Waals surface area contributed by atoms with Gasteiger partial charge in [0.15, 0.2) is 5.82 Å². The molecule has 0 radical (unpaired) electrons. The van der Waals surface area contributed by atoms with Crippen molar-refractivity contribution >= 4 is 0 Å². The van der Waals surface area contributed by atoms with E-state index < -0.39 is 5.82 Å². The Balaban J connectivity index is 1.58. The third-order valence-corrected chi connectivity index (χ3v) is 5.56. The summed E-state index contributed by atoms with van der Waals surface area (Å²) in [6, 6.07) is 7.94. The SMILES string of the molecule is COc1cc(Cc2ncc(F)c(Cc3cc(C(C)(C)C)nn3C)n2)ccc1-n1cnc(C)c1. The second kappa shape index (κ2) is 8.77. The third kappa shape index (κ3) is 4.94. The second-order valence-corrected chi connectivity index (χ2v) is 9.26. The molecule has 3 heterocycles. The summed E-state index contributed by atoms with van der Waals surface area (Å²) in [4.78, 5) is 13.0. The molecule has 0 amide bonds. The highest BCUT2D eigenvalue weighted by Crippen LogP contribution is 2.26. The summed E-state index contributed by atoms with van der Waals surface area (Å²) in [5, 5.41) is 4.58. The molecule has 0 aliphatic carbocycles. The minimum Gasteiger partial charge on any atom is -0.495 e. The molecule has 4 aromatic rings. The molecule has 0 saturated carbocycles. The van der Waals surface area contributed by atoms with E-state index in [2.05, 4.69) is 40.8 Å². The van der Waals surface area contributed by atoms with E-state index in [0.717, 1.165) is 34.1 Å². The molecule has 0 unspecified atom stereocenters. The summed E-state index contributed by atoms with van der Waals surface area (Å²) in [5.74, 6) is 0.857. The first kappa shape index (κ1) is 22.6. The van der Waals surface area contributed by atoms with E-state index >= 15 is 0 Å². The van der Waals surface area contributed by atoms with Crippen LogP contribution in [0.2, 0.25) is 0 Å². The van der Waals surface area contributed by atoms with Crippen LogP contribution in [-0.2, 0) is 25.3 Å². The fourth-order valence-electron chi connectivity index (χ4n) is 3.64.